The van der Waals surface area contributed by atoms with E-state index in [9.17, 15) is 39.4 Å². The molecule has 2 aliphatic heterocycles. The van der Waals surface area contributed by atoms with Gasteiger partial charge in [-0.05, 0) is 43.7 Å². The quantitative estimate of drug-likeness (QED) is 0.371. The number of amides is 4. The van der Waals surface area contributed by atoms with Crippen LogP contribution in [0.5, 0.6) is 0 Å². The zero-order valence-electron chi connectivity index (χ0n) is 18.0. The Morgan fingerprint density at radius 2 is 1.23 bits per heavy atom. The van der Waals surface area contributed by atoms with E-state index in [0.717, 1.165) is 21.9 Å². The van der Waals surface area contributed by atoms with Crippen molar-refractivity contribution in [2.45, 2.75) is 13.3 Å². The number of anilines is 2. The van der Waals surface area contributed by atoms with Gasteiger partial charge in [0.1, 0.15) is 0 Å². The maximum atomic E-state index is 13.4. The van der Waals surface area contributed by atoms with Crippen molar-refractivity contribution in [3.8, 4) is 0 Å². The third-order valence-corrected chi connectivity index (χ3v) is 6.38. The van der Waals surface area contributed by atoms with E-state index >= 15 is 0 Å². The van der Waals surface area contributed by atoms with Crippen LogP contribution in [0, 0.1) is 25.6 Å². The van der Waals surface area contributed by atoms with E-state index in [1.54, 1.807) is 0 Å². The van der Waals surface area contributed by atoms with E-state index in [-0.39, 0.29) is 45.9 Å². The fourth-order valence-corrected chi connectivity index (χ4v) is 4.53. The molecule has 0 N–H and O–H groups in total. The van der Waals surface area contributed by atoms with Gasteiger partial charge in [0.15, 0.2) is 0 Å². The molecule has 1 atom stereocenters. The summed E-state index contributed by atoms with van der Waals surface area (Å²) in [5.41, 5.74) is -1.51. The van der Waals surface area contributed by atoms with Crippen molar-refractivity contribution in [3.05, 3.63) is 91.6 Å². The molecule has 2 heterocycles. The number of nitro benzene ring substituents is 2. The number of nitro groups is 2. The first kappa shape index (κ1) is 21.8. The first-order valence-corrected chi connectivity index (χ1v) is 10.3. The van der Waals surface area contributed by atoms with Crippen LogP contribution in [0.4, 0.5) is 22.7 Å². The van der Waals surface area contributed by atoms with Gasteiger partial charge >= 0.3 is 0 Å². The summed E-state index contributed by atoms with van der Waals surface area (Å²) in [4.78, 5) is 75.2. The highest BCUT2D eigenvalue weighted by Gasteiger charge is 2.58. The molecule has 5 rings (SSSR count). The molecule has 174 valence electrons. The van der Waals surface area contributed by atoms with Crippen molar-refractivity contribution in [2.24, 2.45) is 5.41 Å². The molecule has 12 heteroatoms. The summed E-state index contributed by atoms with van der Waals surface area (Å²) in [5, 5.41) is 21.8. The number of carbonyl (C=O) groups is 4. The molecule has 35 heavy (non-hydrogen) atoms. The number of imide groups is 2. The summed E-state index contributed by atoms with van der Waals surface area (Å²) in [5.74, 6) is -2.69. The minimum atomic E-state index is -1.42. The molecule has 0 saturated carbocycles. The summed E-state index contributed by atoms with van der Waals surface area (Å²) in [6.45, 7) is 1.50. The smallest absolute Gasteiger partial charge is 0.269 e. The minimum Gasteiger partial charge on any atom is -0.273 e. The van der Waals surface area contributed by atoms with E-state index in [4.69, 9.17) is 0 Å². The molecular formula is C23H14N4O8. The summed E-state index contributed by atoms with van der Waals surface area (Å²) < 4.78 is 0. The van der Waals surface area contributed by atoms with Crippen LogP contribution >= 0.6 is 0 Å². The third kappa shape index (κ3) is 3.00. The van der Waals surface area contributed by atoms with Crippen LogP contribution in [-0.4, -0.2) is 33.5 Å². The van der Waals surface area contributed by atoms with Crippen molar-refractivity contribution in [3.63, 3.8) is 0 Å². The zero-order chi connectivity index (χ0) is 25.2. The van der Waals surface area contributed by atoms with Gasteiger partial charge in [-0.3, -0.25) is 39.4 Å². The summed E-state index contributed by atoms with van der Waals surface area (Å²) in [6, 6.07) is 9.77. The number of nitrogens with zero attached hydrogens (tertiary/aromatic N) is 4. The second-order valence-electron chi connectivity index (χ2n) is 8.40. The van der Waals surface area contributed by atoms with Gasteiger partial charge in [-0.15, -0.1) is 0 Å². The molecule has 3 aliphatic rings. The number of hydrogen-bond donors (Lipinski definition) is 0. The van der Waals surface area contributed by atoms with Crippen LogP contribution in [0.1, 0.15) is 13.3 Å². The maximum absolute atomic E-state index is 13.4. The van der Waals surface area contributed by atoms with Gasteiger partial charge < -0.3 is 0 Å². The van der Waals surface area contributed by atoms with Crippen molar-refractivity contribution in [2.75, 3.05) is 9.80 Å². The van der Waals surface area contributed by atoms with Crippen LogP contribution in [-0.2, 0) is 19.2 Å². The van der Waals surface area contributed by atoms with E-state index in [1.807, 2.05) is 0 Å². The Labute approximate surface area is 196 Å². The van der Waals surface area contributed by atoms with Crippen LogP contribution in [0.25, 0.3) is 0 Å². The lowest BCUT2D eigenvalue weighted by Crippen LogP contribution is -2.36. The first-order valence-electron chi connectivity index (χ1n) is 10.3. The normalized spacial score (nSPS) is 21.3. The molecule has 2 aromatic carbocycles. The van der Waals surface area contributed by atoms with Gasteiger partial charge in [-0.25, -0.2) is 9.80 Å². The molecule has 12 nitrogen and oxygen atoms in total. The monoisotopic (exact) mass is 474 g/mol. The van der Waals surface area contributed by atoms with Crippen LogP contribution in [0.3, 0.4) is 0 Å². The maximum Gasteiger partial charge on any atom is 0.269 e. The predicted molar refractivity (Wildman–Crippen MR) is 119 cm³/mol. The lowest BCUT2D eigenvalue weighted by molar-refractivity contribution is -0.385. The van der Waals surface area contributed by atoms with Crippen LogP contribution in [0.15, 0.2) is 71.3 Å². The topological polar surface area (TPSA) is 161 Å². The Hall–Kier alpha value is -5.00. The number of fused-ring (bicyclic) bond motifs is 1. The largest absolute Gasteiger partial charge is 0.273 e. The number of benzene rings is 2. The van der Waals surface area contributed by atoms with Crippen molar-refractivity contribution < 1.29 is 29.0 Å². The highest BCUT2D eigenvalue weighted by atomic mass is 16.6. The first-order chi connectivity index (χ1) is 16.5. The van der Waals surface area contributed by atoms with Gasteiger partial charge in [0, 0.05) is 41.0 Å². The fraction of sp³-hybridized carbons (Fsp3) is 0.130. The zero-order valence-corrected chi connectivity index (χ0v) is 18.0. The molecule has 0 spiro atoms. The molecule has 2 aromatic rings. The number of hydrogen-bond acceptors (Lipinski definition) is 8. The van der Waals surface area contributed by atoms with Gasteiger partial charge in [-0.1, -0.05) is 0 Å². The summed E-state index contributed by atoms with van der Waals surface area (Å²) in [6.07, 6.45) is 1.05. The lowest BCUT2D eigenvalue weighted by Gasteiger charge is -2.25. The van der Waals surface area contributed by atoms with Gasteiger partial charge in [-0.2, -0.15) is 0 Å². The SMILES string of the molecule is CC12CC3=C(C=C1C(=O)N(c1ccc([N+](=O)[O-])cc1)C2=O)C(=O)N(c1ccc([N+](=O)[O-])cc1)C3=O. The summed E-state index contributed by atoms with van der Waals surface area (Å²) in [7, 11) is 0. The third-order valence-electron chi connectivity index (χ3n) is 6.38. The van der Waals surface area contributed by atoms with E-state index < -0.39 is 38.9 Å². The van der Waals surface area contributed by atoms with Gasteiger partial charge in [0.2, 0.25) is 5.91 Å². The highest BCUT2D eigenvalue weighted by Crippen LogP contribution is 2.50. The number of rotatable bonds is 4. The predicted octanol–water partition coefficient (Wildman–Crippen LogP) is 2.58. The number of non-ortho nitro benzene ring substituents is 2. The van der Waals surface area contributed by atoms with Crippen molar-refractivity contribution in [1.82, 2.24) is 0 Å². The average molecular weight is 474 g/mol. The molecule has 0 aromatic heterocycles. The van der Waals surface area contributed by atoms with Gasteiger partial charge in [0.05, 0.1) is 26.6 Å². The molecule has 4 amide bonds. The fourth-order valence-electron chi connectivity index (χ4n) is 4.53. The van der Waals surface area contributed by atoms with E-state index in [2.05, 4.69) is 0 Å². The molecule has 1 saturated heterocycles. The van der Waals surface area contributed by atoms with Crippen LogP contribution < -0.4 is 9.80 Å². The van der Waals surface area contributed by atoms with E-state index in [1.165, 1.54) is 49.4 Å². The average Bonchev–Trinajstić information content (AvgIpc) is 3.18. The Morgan fingerprint density at radius 3 is 1.71 bits per heavy atom. The molecule has 1 aliphatic carbocycles. The molecule has 0 radical (unpaired) electrons. The van der Waals surface area contributed by atoms with Crippen molar-refractivity contribution in [1.29, 1.82) is 0 Å². The van der Waals surface area contributed by atoms with Crippen molar-refractivity contribution >= 4 is 46.4 Å². The lowest BCUT2D eigenvalue weighted by atomic mass is 9.73. The second-order valence-corrected chi connectivity index (χ2v) is 8.40. The summed E-state index contributed by atoms with van der Waals surface area (Å²) >= 11 is 0. The molecule has 1 unspecified atom stereocenters. The number of carbonyl (C=O) groups excluding carboxylic acids is 4. The Kier molecular flexibility index (Phi) is 4.52. The van der Waals surface area contributed by atoms with Gasteiger partial charge in [0.25, 0.3) is 29.1 Å². The molecule has 1 fully saturated rings. The minimum absolute atomic E-state index is 0.0208. The molecule has 0 bridgehead atoms. The Balaban J connectivity index is 1.50. The second kappa shape index (κ2) is 7.25. The molecular weight excluding hydrogens is 460 g/mol. The Bertz CT molecular complexity index is 1460. The van der Waals surface area contributed by atoms with E-state index in [0.29, 0.717) is 0 Å². The van der Waals surface area contributed by atoms with Crippen LogP contribution in [0.2, 0.25) is 0 Å². The standard InChI is InChI=1S/C23H14N4O8/c1-23-11-17-16(19(28)24(20(17)29)12-2-6-14(7-3-12)26(32)33)10-18(23)21(30)25(22(23)31)13-4-8-15(9-5-13)27(34)35/h2-10H,11H2,1H3. The highest BCUT2D eigenvalue weighted by molar-refractivity contribution is 6.37. The Morgan fingerprint density at radius 1 is 0.743 bits per heavy atom.